The number of amides is 3. The molecule has 4 aromatic rings. The lowest BCUT2D eigenvalue weighted by Gasteiger charge is -2.14. The van der Waals surface area contributed by atoms with E-state index < -0.39 is 5.91 Å². The normalized spacial score (nSPS) is 10.2. The van der Waals surface area contributed by atoms with Crippen LogP contribution in [0.15, 0.2) is 103 Å². The first-order valence-corrected chi connectivity index (χ1v) is 11.3. The first kappa shape index (κ1) is 24.2. The Kier molecular flexibility index (Phi) is 7.73. The minimum absolute atomic E-state index is 0.270. The van der Waals surface area contributed by atoms with Gasteiger partial charge < -0.3 is 20.7 Å². The van der Waals surface area contributed by atoms with E-state index in [1.165, 1.54) is 0 Å². The van der Waals surface area contributed by atoms with E-state index in [4.69, 9.17) is 4.74 Å². The number of anilines is 3. The van der Waals surface area contributed by atoms with E-state index in [2.05, 4.69) is 16.0 Å². The summed E-state index contributed by atoms with van der Waals surface area (Å²) in [5.41, 5.74) is 3.29. The Labute approximate surface area is 209 Å². The molecule has 0 saturated carbocycles. The number of para-hydroxylation sites is 3. The Morgan fingerprint density at radius 3 is 2.03 bits per heavy atom. The predicted molar refractivity (Wildman–Crippen MR) is 141 cm³/mol. The van der Waals surface area contributed by atoms with Crippen LogP contribution in [-0.4, -0.2) is 24.3 Å². The molecule has 3 N–H and O–H groups in total. The van der Waals surface area contributed by atoms with Crippen LogP contribution in [0.5, 0.6) is 5.75 Å². The number of hydrogen-bond acceptors (Lipinski definition) is 4. The third-order valence-corrected chi connectivity index (χ3v) is 5.24. The van der Waals surface area contributed by atoms with E-state index in [-0.39, 0.29) is 24.2 Å². The van der Waals surface area contributed by atoms with E-state index in [1.807, 2.05) is 43.3 Å². The summed E-state index contributed by atoms with van der Waals surface area (Å²) in [4.78, 5) is 38.2. The van der Waals surface area contributed by atoms with Crippen molar-refractivity contribution in [2.45, 2.75) is 6.92 Å². The number of rotatable bonds is 8. The monoisotopic (exact) mass is 479 g/mol. The van der Waals surface area contributed by atoms with Crippen LogP contribution in [-0.2, 0) is 4.79 Å². The number of nitrogens with one attached hydrogen (secondary N) is 3. The second-order valence-corrected chi connectivity index (χ2v) is 8.02. The van der Waals surface area contributed by atoms with Crippen LogP contribution in [0.1, 0.15) is 26.3 Å². The molecule has 0 unspecified atom stereocenters. The van der Waals surface area contributed by atoms with Crippen molar-refractivity contribution in [2.75, 3.05) is 22.6 Å². The van der Waals surface area contributed by atoms with Gasteiger partial charge in [0.15, 0.2) is 6.61 Å². The van der Waals surface area contributed by atoms with Gasteiger partial charge in [0.2, 0.25) is 0 Å². The number of aryl methyl sites for hydroxylation is 1. The van der Waals surface area contributed by atoms with Gasteiger partial charge in [-0.1, -0.05) is 54.6 Å². The van der Waals surface area contributed by atoms with Gasteiger partial charge >= 0.3 is 0 Å². The van der Waals surface area contributed by atoms with E-state index in [0.29, 0.717) is 28.2 Å². The highest BCUT2D eigenvalue weighted by Crippen LogP contribution is 2.21. The summed E-state index contributed by atoms with van der Waals surface area (Å²) in [6.07, 6.45) is 0. The molecule has 0 aliphatic rings. The smallest absolute Gasteiger partial charge is 0.262 e. The highest BCUT2D eigenvalue weighted by molar-refractivity contribution is 6.10. The van der Waals surface area contributed by atoms with Gasteiger partial charge in [0, 0.05) is 11.4 Å². The summed E-state index contributed by atoms with van der Waals surface area (Å²) in [5, 5.41) is 8.37. The molecule has 36 heavy (non-hydrogen) atoms. The molecule has 3 amide bonds. The maximum absolute atomic E-state index is 12.8. The molecular weight excluding hydrogens is 454 g/mol. The second kappa shape index (κ2) is 11.5. The van der Waals surface area contributed by atoms with E-state index in [9.17, 15) is 14.4 Å². The van der Waals surface area contributed by atoms with Gasteiger partial charge in [0.25, 0.3) is 17.7 Å². The molecule has 0 aliphatic carbocycles. The van der Waals surface area contributed by atoms with Crippen LogP contribution in [0.4, 0.5) is 17.1 Å². The van der Waals surface area contributed by atoms with E-state index in [0.717, 1.165) is 5.56 Å². The van der Waals surface area contributed by atoms with Crippen LogP contribution in [0.3, 0.4) is 0 Å². The van der Waals surface area contributed by atoms with E-state index >= 15 is 0 Å². The first-order chi connectivity index (χ1) is 17.5. The molecule has 0 aromatic heterocycles. The average Bonchev–Trinajstić information content (AvgIpc) is 2.88. The maximum Gasteiger partial charge on any atom is 0.262 e. The van der Waals surface area contributed by atoms with Crippen LogP contribution in [0.25, 0.3) is 0 Å². The zero-order valence-corrected chi connectivity index (χ0v) is 19.7. The number of ether oxygens (including phenoxy) is 1. The van der Waals surface area contributed by atoms with Gasteiger partial charge in [-0.05, 0) is 61.0 Å². The summed E-state index contributed by atoms with van der Waals surface area (Å²) in [7, 11) is 0. The molecule has 4 aromatic carbocycles. The molecule has 7 nitrogen and oxygen atoms in total. The molecule has 180 valence electrons. The Bertz CT molecular complexity index is 1390. The molecule has 0 aliphatic heterocycles. The second-order valence-electron chi connectivity index (χ2n) is 8.02. The number of carbonyl (C=O) groups excluding carboxylic acids is 3. The number of hydrogen-bond donors (Lipinski definition) is 3. The first-order valence-electron chi connectivity index (χ1n) is 11.3. The molecule has 4 rings (SSSR count). The van der Waals surface area contributed by atoms with Crippen molar-refractivity contribution in [1.29, 1.82) is 0 Å². The van der Waals surface area contributed by atoms with Gasteiger partial charge in [-0.15, -0.1) is 0 Å². The van der Waals surface area contributed by atoms with Crippen molar-refractivity contribution in [2.24, 2.45) is 0 Å². The Balaban J connectivity index is 1.40. The lowest BCUT2D eigenvalue weighted by Crippen LogP contribution is -2.23. The van der Waals surface area contributed by atoms with Crippen LogP contribution >= 0.6 is 0 Å². The van der Waals surface area contributed by atoms with Gasteiger partial charge in [-0.2, -0.15) is 0 Å². The molecule has 0 saturated heterocycles. The van der Waals surface area contributed by atoms with Gasteiger partial charge in [0.1, 0.15) is 5.75 Å². The molecule has 0 bridgehead atoms. The summed E-state index contributed by atoms with van der Waals surface area (Å²) in [5.74, 6) is -0.897. The van der Waals surface area contributed by atoms with Gasteiger partial charge in [0.05, 0.1) is 16.8 Å². The zero-order valence-electron chi connectivity index (χ0n) is 19.7. The third-order valence-electron chi connectivity index (χ3n) is 5.24. The molecule has 0 atom stereocenters. The lowest BCUT2D eigenvalue weighted by molar-refractivity contribution is -0.118. The van der Waals surface area contributed by atoms with Gasteiger partial charge in [-0.3, -0.25) is 14.4 Å². The molecular formula is C29H25N3O4. The fraction of sp³-hybridized carbons (Fsp3) is 0.0690. The lowest BCUT2D eigenvalue weighted by atomic mass is 10.1. The van der Waals surface area contributed by atoms with Crippen molar-refractivity contribution in [3.8, 4) is 5.75 Å². The minimum Gasteiger partial charge on any atom is -0.483 e. The third kappa shape index (κ3) is 6.36. The average molecular weight is 480 g/mol. The van der Waals surface area contributed by atoms with Crippen molar-refractivity contribution < 1.29 is 19.1 Å². The molecule has 0 fully saturated rings. The highest BCUT2D eigenvalue weighted by atomic mass is 16.5. The van der Waals surface area contributed by atoms with Crippen molar-refractivity contribution >= 4 is 34.8 Å². The maximum atomic E-state index is 12.8. The van der Waals surface area contributed by atoms with E-state index in [1.54, 1.807) is 66.7 Å². The zero-order chi connectivity index (χ0) is 25.3. The molecule has 0 heterocycles. The largest absolute Gasteiger partial charge is 0.483 e. The van der Waals surface area contributed by atoms with Crippen molar-refractivity contribution in [1.82, 2.24) is 0 Å². The summed E-state index contributed by atoms with van der Waals surface area (Å²) >= 11 is 0. The molecule has 0 spiro atoms. The van der Waals surface area contributed by atoms with Crippen molar-refractivity contribution in [3.63, 3.8) is 0 Å². The number of benzene rings is 4. The summed E-state index contributed by atoms with van der Waals surface area (Å²) in [6, 6.07) is 29.9. The Hall–Kier alpha value is -4.91. The Morgan fingerprint density at radius 2 is 1.25 bits per heavy atom. The fourth-order valence-corrected chi connectivity index (χ4v) is 3.54. The highest BCUT2D eigenvalue weighted by Gasteiger charge is 2.16. The molecule has 7 heteroatoms. The van der Waals surface area contributed by atoms with Crippen LogP contribution < -0.4 is 20.7 Å². The van der Waals surface area contributed by atoms with Crippen LogP contribution in [0, 0.1) is 6.92 Å². The van der Waals surface area contributed by atoms with Crippen LogP contribution in [0.2, 0.25) is 0 Å². The minimum atomic E-state index is -0.468. The van der Waals surface area contributed by atoms with Gasteiger partial charge in [-0.25, -0.2) is 0 Å². The van der Waals surface area contributed by atoms with Crippen molar-refractivity contribution in [3.05, 3.63) is 120 Å². The Morgan fingerprint density at radius 1 is 0.639 bits per heavy atom. The topological polar surface area (TPSA) is 96.5 Å². The summed E-state index contributed by atoms with van der Waals surface area (Å²) in [6.45, 7) is 1.59. The fourth-order valence-electron chi connectivity index (χ4n) is 3.54. The SMILES string of the molecule is Cc1cccc(NC(=O)c2ccccc2NC(=O)COc2ccccc2C(=O)Nc2ccccc2)c1. The summed E-state index contributed by atoms with van der Waals surface area (Å²) < 4.78 is 5.67. The molecule has 0 radical (unpaired) electrons. The standard InChI is InChI=1S/C29H25N3O4/c1-20-10-9-13-22(18-20)31-28(34)23-14-5-7-16-25(23)32-27(33)19-36-26-17-8-6-15-24(26)29(35)30-21-11-3-2-4-12-21/h2-18H,19H2,1H3,(H,30,35)(H,31,34)(H,32,33). The predicted octanol–water partition coefficient (Wildman–Crippen LogP) is 5.52. The quantitative estimate of drug-likeness (QED) is 0.310. The number of carbonyl (C=O) groups is 3.